The van der Waals surface area contributed by atoms with Crippen LogP contribution in [-0.4, -0.2) is 33.3 Å². The van der Waals surface area contributed by atoms with Crippen molar-refractivity contribution in [3.05, 3.63) is 22.7 Å². The van der Waals surface area contributed by atoms with E-state index in [1.807, 2.05) is 0 Å². The molecule has 1 aliphatic rings. The SMILES string of the molecule is COc1ccc(S(=O)(=O)NCC2CCC(O)C2)cc1Br. The quantitative estimate of drug-likeness (QED) is 0.837. The van der Waals surface area contributed by atoms with Crippen molar-refractivity contribution in [1.82, 2.24) is 4.72 Å². The molecule has 0 spiro atoms. The second kappa shape index (κ2) is 6.43. The van der Waals surface area contributed by atoms with Crippen molar-refractivity contribution < 1.29 is 18.3 Å². The van der Waals surface area contributed by atoms with Gasteiger partial charge in [-0.1, -0.05) is 0 Å². The lowest BCUT2D eigenvalue weighted by atomic mass is 10.1. The molecule has 2 N–H and O–H groups in total. The van der Waals surface area contributed by atoms with Crippen LogP contribution in [0.2, 0.25) is 0 Å². The molecule has 1 aromatic rings. The molecule has 2 atom stereocenters. The normalized spacial score (nSPS) is 22.9. The maximum Gasteiger partial charge on any atom is 0.240 e. The number of hydrogen-bond donors (Lipinski definition) is 2. The highest BCUT2D eigenvalue weighted by molar-refractivity contribution is 9.10. The van der Waals surface area contributed by atoms with Crippen LogP contribution in [0.5, 0.6) is 5.75 Å². The molecule has 2 unspecified atom stereocenters. The Labute approximate surface area is 127 Å². The molecule has 0 heterocycles. The number of rotatable bonds is 5. The van der Waals surface area contributed by atoms with E-state index in [1.165, 1.54) is 19.2 Å². The number of benzene rings is 1. The molecule has 20 heavy (non-hydrogen) atoms. The molecule has 0 saturated heterocycles. The molecule has 0 radical (unpaired) electrons. The highest BCUT2D eigenvalue weighted by Gasteiger charge is 2.25. The Hall–Kier alpha value is -0.630. The second-order valence-corrected chi connectivity index (χ2v) is 7.60. The van der Waals surface area contributed by atoms with Crippen LogP contribution in [0.25, 0.3) is 0 Å². The molecule has 7 heteroatoms. The van der Waals surface area contributed by atoms with Crippen molar-refractivity contribution in [2.75, 3.05) is 13.7 Å². The summed E-state index contributed by atoms with van der Waals surface area (Å²) in [5.74, 6) is 0.796. The number of aliphatic hydroxyl groups is 1. The Morgan fingerprint density at radius 1 is 1.45 bits per heavy atom. The molecule has 1 saturated carbocycles. The number of halogens is 1. The lowest BCUT2D eigenvalue weighted by molar-refractivity contribution is 0.178. The Balaban J connectivity index is 2.04. The summed E-state index contributed by atoms with van der Waals surface area (Å²) in [6.07, 6.45) is 1.98. The number of methoxy groups -OCH3 is 1. The monoisotopic (exact) mass is 363 g/mol. The second-order valence-electron chi connectivity index (χ2n) is 4.98. The predicted octanol–water partition coefficient (Wildman–Crippen LogP) is 1.90. The smallest absolute Gasteiger partial charge is 0.240 e. The van der Waals surface area contributed by atoms with E-state index in [1.54, 1.807) is 6.07 Å². The summed E-state index contributed by atoms with van der Waals surface area (Å²) in [5.41, 5.74) is 0. The first-order valence-corrected chi connectivity index (χ1v) is 8.71. The van der Waals surface area contributed by atoms with Crippen LogP contribution in [0.1, 0.15) is 19.3 Å². The van der Waals surface area contributed by atoms with E-state index in [2.05, 4.69) is 20.7 Å². The minimum absolute atomic E-state index is 0.198. The largest absolute Gasteiger partial charge is 0.496 e. The van der Waals surface area contributed by atoms with Crippen LogP contribution in [0, 0.1) is 5.92 Å². The molecule has 0 aromatic heterocycles. The van der Waals surface area contributed by atoms with Crippen molar-refractivity contribution in [2.24, 2.45) is 5.92 Å². The van der Waals surface area contributed by atoms with Crippen molar-refractivity contribution in [3.63, 3.8) is 0 Å². The van der Waals surface area contributed by atoms with Crippen molar-refractivity contribution in [3.8, 4) is 5.75 Å². The van der Waals surface area contributed by atoms with Gasteiger partial charge in [0, 0.05) is 6.54 Å². The predicted molar refractivity (Wildman–Crippen MR) is 79.2 cm³/mol. The van der Waals surface area contributed by atoms with Gasteiger partial charge < -0.3 is 9.84 Å². The first-order valence-electron chi connectivity index (χ1n) is 6.43. The Kier molecular flexibility index (Phi) is 5.06. The fourth-order valence-electron chi connectivity index (χ4n) is 2.36. The summed E-state index contributed by atoms with van der Waals surface area (Å²) in [6, 6.07) is 4.64. The highest BCUT2D eigenvalue weighted by atomic mass is 79.9. The molecule has 1 aliphatic carbocycles. The van der Waals surface area contributed by atoms with Gasteiger partial charge in [-0.2, -0.15) is 0 Å². The van der Waals surface area contributed by atoms with Gasteiger partial charge in [0.2, 0.25) is 10.0 Å². The Morgan fingerprint density at radius 3 is 2.75 bits per heavy atom. The molecule has 0 amide bonds. The average molecular weight is 364 g/mol. The molecule has 1 aromatic carbocycles. The molecule has 0 aliphatic heterocycles. The number of ether oxygens (including phenoxy) is 1. The van der Waals surface area contributed by atoms with Gasteiger partial charge in [0.15, 0.2) is 0 Å². The summed E-state index contributed by atoms with van der Waals surface area (Å²) in [5, 5.41) is 9.44. The summed E-state index contributed by atoms with van der Waals surface area (Å²) in [4.78, 5) is 0.198. The molecule has 1 fully saturated rings. The van der Waals surface area contributed by atoms with E-state index in [0.717, 1.165) is 12.8 Å². The zero-order valence-corrected chi connectivity index (χ0v) is 13.6. The van der Waals surface area contributed by atoms with Crippen molar-refractivity contribution >= 4 is 26.0 Å². The van der Waals surface area contributed by atoms with E-state index < -0.39 is 10.0 Å². The van der Waals surface area contributed by atoms with Crippen molar-refractivity contribution in [2.45, 2.75) is 30.3 Å². The number of hydrogen-bond acceptors (Lipinski definition) is 4. The van der Waals surface area contributed by atoms with E-state index in [4.69, 9.17) is 4.74 Å². The zero-order valence-electron chi connectivity index (χ0n) is 11.2. The summed E-state index contributed by atoms with van der Waals surface area (Å²) in [7, 11) is -2.00. The highest BCUT2D eigenvalue weighted by Crippen LogP contribution is 2.28. The van der Waals surface area contributed by atoms with Gasteiger partial charge in [-0.15, -0.1) is 0 Å². The molecular weight excluding hydrogens is 346 g/mol. The summed E-state index contributed by atoms with van der Waals surface area (Å²) in [6.45, 7) is 0.364. The number of aliphatic hydroxyl groups excluding tert-OH is 1. The Bertz CT molecular complexity index is 576. The van der Waals surface area contributed by atoms with Gasteiger partial charge in [-0.25, -0.2) is 13.1 Å². The molecule has 2 rings (SSSR count). The van der Waals surface area contributed by atoms with E-state index >= 15 is 0 Å². The van der Waals surface area contributed by atoms with Crippen LogP contribution in [0.4, 0.5) is 0 Å². The lowest BCUT2D eigenvalue weighted by Gasteiger charge is -2.12. The zero-order chi connectivity index (χ0) is 14.8. The topological polar surface area (TPSA) is 75.6 Å². The molecule has 112 valence electrons. The fourth-order valence-corrected chi connectivity index (χ4v) is 4.19. The number of sulfonamides is 1. The third-order valence-corrected chi connectivity index (χ3v) is 5.55. The van der Waals surface area contributed by atoms with Gasteiger partial charge in [0.25, 0.3) is 0 Å². The van der Waals surface area contributed by atoms with Crippen LogP contribution in [0.3, 0.4) is 0 Å². The first-order chi connectivity index (χ1) is 9.42. The van der Waals surface area contributed by atoms with Gasteiger partial charge in [0.05, 0.1) is 22.6 Å². The summed E-state index contributed by atoms with van der Waals surface area (Å²) < 4.78 is 32.6. The Morgan fingerprint density at radius 2 is 2.20 bits per heavy atom. The minimum Gasteiger partial charge on any atom is -0.496 e. The van der Waals surface area contributed by atoms with Crippen LogP contribution < -0.4 is 9.46 Å². The van der Waals surface area contributed by atoms with Gasteiger partial charge >= 0.3 is 0 Å². The molecule has 5 nitrogen and oxygen atoms in total. The fraction of sp³-hybridized carbons (Fsp3) is 0.538. The van der Waals surface area contributed by atoms with Gasteiger partial charge in [-0.3, -0.25) is 0 Å². The van der Waals surface area contributed by atoms with Gasteiger partial charge in [0.1, 0.15) is 5.75 Å². The number of nitrogens with one attached hydrogen (secondary N) is 1. The third kappa shape index (κ3) is 3.72. The van der Waals surface area contributed by atoms with Crippen LogP contribution >= 0.6 is 15.9 Å². The lowest BCUT2D eigenvalue weighted by Crippen LogP contribution is -2.28. The first kappa shape index (κ1) is 15.8. The average Bonchev–Trinajstić information content (AvgIpc) is 2.82. The van der Waals surface area contributed by atoms with E-state index in [0.29, 0.717) is 23.2 Å². The maximum absolute atomic E-state index is 12.2. The molecule has 0 bridgehead atoms. The minimum atomic E-state index is -3.53. The maximum atomic E-state index is 12.2. The van der Waals surface area contributed by atoms with Crippen molar-refractivity contribution in [1.29, 1.82) is 0 Å². The van der Waals surface area contributed by atoms with E-state index in [9.17, 15) is 13.5 Å². The van der Waals surface area contributed by atoms with Gasteiger partial charge in [-0.05, 0) is 59.3 Å². The van der Waals surface area contributed by atoms with Crippen LogP contribution in [0.15, 0.2) is 27.6 Å². The van der Waals surface area contributed by atoms with E-state index in [-0.39, 0.29) is 16.9 Å². The molecular formula is C13H18BrNO4S. The van der Waals surface area contributed by atoms with Crippen LogP contribution in [-0.2, 0) is 10.0 Å². The standard InChI is InChI=1S/C13H18BrNO4S/c1-19-13-5-4-11(7-12(13)14)20(17,18)15-8-9-2-3-10(16)6-9/h4-5,7,9-10,15-16H,2-3,6,8H2,1H3. The third-order valence-electron chi connectivity index (χ3n) is 3.51. The summed E-state index contributed by atoms with van der Waals surface area (Å²) >= 11 is 3.27.